The van der Waals surface area contributed by atoms with Gasteiger partial charge in [-0.25, -0.2) is 0 Å². The van der Waals surface area contributed by atoms with Gasteiger partial charge in [0, 0.05) is 11.9 Å². The Bertz CT molecular complexity index is 476. The molecule has 0 aliphatic heterocycles. The Balaban J connectivity index is -0.00000180. The molecule has 0 fully saturated rings. The maximum Gasteiger partial charge on any atom is 1.00 e. The molecule has 0 rings (SSSR count). The molecule has 22 heavy (non-hydrogen) atoms. The van der Waals surface area contributed by atoms with Crippen molar-refractivity contribution in [2.24, 2.45) is 17.8 Å². The summed E-state index contributed by atoms with van der Waals surface area (Å²) in [6, 6.07) is 0. The van der Waals surface area contributed by atoms with Gasteiger partial charge in [-0.15, -0.1) is 0 Å². The summed E-state index contributed by atoms with van der Waals surface area (Å²) in [5, 5.41) is 22.6. The molecule has 0 saturated heterocycles. The van der Waals surface area contributed by atoms with Crippen molar-refractivity contribution in [3.63, 3.8) is 0 Å². The van der Waals surface area contributed by atoms with E-state index in [1.165, 1.54) is 13.8 Å². The zero-order chi connectivity index (χ0) is 16.3. The van der Waals surface area contributed by atoms with Crippen LogP contribution in [0.25, 0.3) is 0 Å². The second-order valence-electron chi connectivity index (χ2n) is 5.75. The molecule has 0 aromatic carbocycles. The van der Waals surface area contributed by atoms with Crippen LogP contribution in [0.3, 0.4) is 0 Å². The Morgan fingerprint density at radius 2 is 1.45 bits per heavy atom. The van der Waals surface area contributed by atoms with Gasteiger partial charge in [-0.3, -0.25) is 4.55 Å². The number of hydrogen-bond donors (Lipinski definition) is 1. The normalized spacial score (nSPS) is 15.4. The van der Waals surface area contributed by atoms with Crippen molar-refractivity contribution in [3.05, 3.63) is 0 Å². The van der Waals surface area contributed by atoms with Crippen LogP contribution in [0.4, 0.5) is 0 Å². The van der Waals surface area contributed by atoms with Gasteiger partial charge in [0.15, 0.2) is 0 Å². The molecule has 0 saturated carbocycles. The molecule has 118 valence electrons. The molecule has 0 aromatic rings. The van der Waals surface area contributed by atoms with E-state index in [0.29, 0.717) is 0 Å². The maximum atomic E-state index is 11.6. The Morgan fingerprint density at radius 3 is 1.64 bits per heavy atom. The molecular formula is C12H20Na2O7S. The standard InChI is InChI=1S/C12H22O7S.2Na/c1-7(2)5-9(10(13)14)12(11(15)16,6-8(3)4)20(17,18)19;;/h7-9H,5-6H2,1-4H3,(H,13,14)(H,15,16)(H,17,18,19);;/q;2*+1/p-2. The van der Waals surface area contributed by atoms with E-state index in [1.54, 1.807) is 13.8 Å². The average Bonchev–Trinajstić information content (AvgIpc) is 2.19. The third-order valence-corrected chi connectivity index (χ3v) is 4.61. The zero-order valence-corrected chi connectivity index (χ0v) is 18.8. The number of rotatable bonds is 8. The van der Waals surface area contributed by atoms with Gasteiger partial charge < -0.3 is 19.8 Å². The van der Waals surface area contributed by atoms with E-state index in [9.17, 15) is 32.8 Å². The fraction of sp³-hybridized carbons (Fsp3) is 0.833. The van der Waals surface area contributed by atoms with Gasteiger partial charge in [-0.1, -0.05) is 27.7 Å². The third kappa shape index (κ3) is 6.76. The fourth-order valence-corrected chi connectivity index (χ4v) is 3.62. The molecule has 2 unspecified atom stereocenters. The Labute approximate surface area is 175 Å². The van der Waals surface area contributed by atoms with Crippen LogP contribution >= 0.6 is 0 Å². The monoisotopic (exact) mass is 354 g/mol. The summed E-state index contributed by atoms with van der Waals surface area (Å²) in [6.07, 6.45) is -0.831. The van der Waals surface area contributed by atoms with E-state index in [1.807, 2.05) is 0 Å². The van der Waals surface area contributed by atoms with Crippen molar-refractivity contribution >= 4 is 22.1 Å². The van der Waals surface area contributed by atoms with Gasteiger partial charge in [-0.2, -0.15) is 8.42 Å². The van der Waals surface area contributed by atoms with Crippen molar-refractivity contribution in [2.45, 2.75) is 45.3 Å². The quantitative estimate of drug-likeness (QED) is 0.338. The van der Waals surface area contributed by atoms with E-state index in [2.05, 4.69) is 0 Å². The van der Waals surface area contributed by atoms with Gasteiger partial charge in [0.05, 0.1) is 5.97 Å². The molecule has 10 heteroatoms. The molecule has 0 aromatic heterocycles. The molecule has 1 N–H and O–H groups in total. The largest absolute Gasteiger partial charge is 1.00 e. The predicted molar refractivity (Wildman–Crippen MR) is 66.7 cm³/mol. The van der Waals surface area contributed by atoms with Crippen molar-refractivity contribution in [2.75, 3.05) is 0 Å². The second kappa shape index (κ2) is 10.7. The SMILES string of the molecule is CC(C)CC(C(=O)[O-])C(CC(C)C)(C(=O)[O-])S(=O)(=O)O.[Na+].[Na+]. The van der Waals surface area contributed by atoms with Crippen LogP contribution < -0.4 is 69.3 Å². The number of carboxylic acids is 2. The summed E-state index contributed by atoms with van der Waals surface area (Å²) in [7, 11) is -5.19. The first kappa shape index (κ1) is 27.7. The molecule has 7 nitrogen and oxygen atoms in total. The molecule has 0 bridgehead atoms. The van der Waals surface area contributed by atoms with Gasteiger partial charge in [0.2, 0.25) is 0 Å². The van der Waals surface area contributed by atoms with Crippen LogP contribution in [0.2, 0.25) is 0 Å². The first-order valence-electron chi connectivity index (χ1n) is 6.25. The average molecular weight is 354 g/mol. The van der Waals surface area contributed by atoms with Gasteiger partial charge >= 0.3 is 59.1 Å². The second-order valence-corrected chi connectivity index (χ2v) is 7.43. The van der Waals surface area contributed by atoms with E-state index < -0.39 is 45.1 Å². The summed E-state index contributed by atoms with van der Waals surface area (Å²) in [5.74, 6) is -6.62. The van der Waals surface area contributed by atoms with Crippen LogP contribution in [0, 0.1) is 17.8 Å². The Morgan fingerprint density at radius 1 is 1.05 bits per heavy atom. The van der Waals surface area contributed by atoms with Crippen molar-refractivity contribution in [1.82, 2.24) is 0 Å². The molecule has 0 heterocycles. The van der Waals surface area contributed by atoms with Crippen LogP contribution in [-0.4, -0.2) is 29.7 Å². The minimum Gasteiger partial charge on any atom is -0.550 e. The zero-order valence-electron chi connectivity index (χ0n) is 14.0. The van der Waals surface area contributed by atoms with E-state index in [0.717, 1.165) is 0 Å². The molecule has 0 aliphatic rings. The minimum atomic E-state index is -5.19. The molecular weight excluding hydrogens is 334 g/mol. The van der Waals surface area contributed by atoms with Crippen LogP contribution in [0.5, 0.6) is 0 Å². The number of hydrogen-bond acceptors (Lipinski definition) is 6. The maximum absolute atomic E-state index is 11.6. The molecule has 0 amide bonds. The number of carbonyl (C=O) groups excluding carboxylic acids is 2. The minimum absolute atomic E-state index is 0. The third-order valence-electron chi connectivity index (χ3n) is 3.07. The molecule has 0 aliphatic carbocycles. The van der Waals surface area contributed by atoms with Crippen molar-refractivity contribution in [3.8, 4) is 0 Å². The summed E-state index contributed by atoms with van der Waals surface area (Å²) < 4.78 is 29.6. The van der Waals surface area contributed by atoms with E-state index >= 15 is 0 Å². The number of carbonyl (C=O) groups is 2. The smallest absolute Gasteiger partial charge is 0.550 e. The van der Waals surface area contributed by atoms with Crippen LogP contribution in [0.15, 0.2) is 0 Å². The summed E-state index contributed by atoms with van der Waals surface area (Å²) in [5.41, 5.74) is 0. The summed E-state index contributed by atoms with van der Waals surface area (Å²) >= 11 is 0. The van der Waals surface area contributed by atoms with Crippen molar-refractivity contribution in [1.29, 1.82) is 0 Å². The Kier molecular flexibility index (Phi) is 13.4. The molecule has 0 radical (unpaired) electrons. The van der Waals surface area contributed by atoms with Crippen LogP contribution in [0.1, 0.15) is 40.5 Å². The molecule has 0 spiro atoms. The van der Waals surface area contributed by atoms with Gasteiger partial charge in [0.25, 0.3) is 10.1 Å². The fourth-order valence-electron chi connectivity index (χ4n) is 2.31. The topological polar surface area (TPSA) is 135 Å². The first-order valence-corrected chi connectivity index (χ1v) is 7.69. The van der Waals surface area contributed by atoms with Crippen LogP contribution in [-0.2, 0) is 19.7 Å². The van der Waals surface area contributed by atoms with Crippen molar-refractivity contribution < 1.29 is 91.9 Å². The number of carboxylic acid groups (broad SMARTS) is 2. The predicted octanol–water partition coefficient (Wildman–Crippen LogP) is -7.17. The first-order chi connectivity index (χ1) is 8.86. The molecule has 2 atom stereocenters. The van der Waals surface area contributed by atoms with Gasteiger partial charge in [0.1, 0.15) is 4.75 Å². The summed E-state index contributed by atoms with van der Waals surface area (Å²) in [4.78, 5) is 22.6. The number of aliphatic carboxylic acids is 2. The Hall–Kier alpha value is 0.850. The van der Waals surface area contributed by atoms with E-state index in [4.69, 9.17) is 0 Å². The van der Waals surface area contributed by atoms with E-state index in [-0.39, 0.29) is 71.5 Å². The van der Waals surface area contributed by atoms with Gasteiger partial charge in [-0.05, 0) is 24.7 Å². The summed E-state index contributed by atoms with van der Waals surface area (Å²) in [6.45, 7) is 6.25.